The molecule has 1 saturated heterocycles. The van der Waals surface area contributed by atoms with E-state index >= 15 is 0 Å². The molecule has 0 aromatic heterocycles. The summed E-state index contributed by atoms with van der Waals surface area (Å²) < 4.78 is 0. The molecule has 2 aromatic rings. The fourth-order valence-corrected chi connectivity index (χ4v) is 2.91. The van der Waals surface area contributed by atoms with Crippen molar-refractivity contribution in [2.24, 2.45) is 0 Å². The number of rotatable bonds is 4. The molecule has 1 heterocycles. The third-order valence-corrected chi connectivity index (χ3v) is 4.32. The lowest BCUT2D eigenvalue weighted by Crippen LogP contribution is -2.29. The summed E-state index contributed by atoms with van der Waals surface area (Å²) in [6.45, 7) is 3.84. The summed E-state index contributed by atoms with van der Waals surface area (Å²) in [7, 11) is 0. The highest BCUT2D eigenvalue weighted by Gasteiger charge is 2.19. The van der Waals surface area contributed by atoms with Crippen LogP contribution in [0.15, 0.2) is 66.0 Å². The van der Waals surface area contributed by atoms with Crippen molar-refractivity contribution >= 4 is 5.78 Å². The van der Waals surface area contributed by atoms with E-state index in [9.17, 15) is 4.79 Å². The maximum Gasteiger partial charge on any atom is 0.192 e. The van der Waals surface area contributed by atoms with Crippen LogP contribution in [0, 0.1) is 6.92 Å². The zero-order chi connectivity index (χ0) is 16.8. The first-order valence-electron chi connectivity index (χ1n) is 8.60. The molecule has 2 aromatic carbocycles. The lowest BCUT2D eigenvalue weighted by atomic mass is 9.96. The second kappa shape index (κ2) is 7.82. The Bertz CT molecular complexity index is 707. The molecule has 0 amide bonds. The molecular weight excluding hydrogens is 296 g/mol. The molecule has 0 saturated carbocycles. The Balaban J connectivity index is 1.95. The molecule has 0 atom stereocenters. The SMILES string of the molecule is Cc1ccc(C(=O)C(Cc2ccccc2)=C2NCCCCN2)cc1. The first-order chi connectivity index (χ1) is 11.7. The zero-order valence-corrected chi connectivity index (χ0v) is 14.1. The number of carbonyl (C=O) groups is 1. The maximum atomic E-state index is 13.1. The van der Waals surface area contributed by atoms with E-state index in [1.807, 2.05) is 49.4 Å². The summed E-state index contributed by atoms with van der Waals surface area (Å²) in [6, 6.07) is 18.0. The second-order valence-electron chi connectivity index (χ2n) is 6.27. The topological polar surface area (TPSA) is 41.1 Å². The van der Waals surface area contributed by atoms with E-state index < -0.39 is 0 Å². The van der Waals surface area contributed by atoms with Gasteiger partial charge in [-0.15, -0.1) is 0 Å². The number of Topliss-reactive ketones (excluding diaryl/α,β-unsaturated/α-hetero) is 1. The smallest absolute Gasteiger partial charge is 0.192 e. The van der Waals surface area contributed by atoms with Crippen LogP contribution in [0.3, 0.4) is 0 Å². The molecule has 124 valence electrons. The number of hydrogen-bond acceptors (Lipinski definition) is 3. The molecule has 3 nitrogen and oxygen atoms in total. The van der Waals surface area contributed by atoms with Gasteiger partial charge < -0.3 is 10.6 Å². The summed E-state index contributed by atoms with van der Waals surface area (Å²) >= 11 is 0. The number of carbonyl (C=O) groups excluding carboxylic acids is 1. The van der Waals surface area contributed by atoms with E-state index in [2.05, 4.69) is 22.8 Å². The molecule has 1 fully saturated rings. The van der Waals surface area contributed by atoms with Crippen molar-refractivity contribution < 1.29 is 4.79 Å². The largest absolute Gasteiger partial charge is 0.372 e. The predicted molar refractivity (Wildman–Crippen MR) is 97.9 cm³/mol. The van der Waals surface area contributed by atoms with Gasteiger partial charge in [0.15, 0.2) is 5.78 Å². The van der Waals surface area contributed by atoms with Gasteiger partial charge in [-0.3, -0.25) is 4.79 Å². The van der Waals surface area contributed by atoms with E-state index in [0.717, 1.165) is 54.0 Å². The number of ketones is 1. The molecule has 0 aliphatic carbocycles. The van der Waals surface area contributed by atoms with Crippen molar-refractivity contribution in [1.29, 1.82) is 0 Å². The van der Waals surface area contributed by atoms with E-state index in [-0.39, 0.29) is 5.78 Å². The highest BCUT2D eigenvalue weighted by Crippen LogP contribution is 2.17. The second-order valence-corrected chi connectivity index (χ2v) is 6.27. The Morgan fingerprint density at radius 2 is 1.54 bits per heavy atom. The third-order valence-electron chi connectivity index (χ3n) is 4.32. The molecule has 1 aliphatic heterocycles. The van der Waals surface area contributed by atoms with Gasteiger partial charge >= 0.3 is 0 Å². The zero-order valence-electron chi connectivity index (χ0n) is 14.1. The molecule has 0 radical (unpaired) electrons. The average Bonchev–Trinajstić information content (AvgIpc) is 2.90. The van der Waals surface area contributed by atoms with Crippen LogP contribution < -0.4 is 10.6 Å². The number of hydrogen-bond donors (Lipinski definition) is 2. The molecule has 0 bridgehead atoms. The minimum atomic E-state index is 0.0933. The van der Waals surface area contributed by atoms with Gasteiger partial charge in [0, 0.05) is 30.6 Å². The Hall–Kier alpha value is -2.55. The molecule has 1 aliphatic rings. The fraction of sp³-hybridized carbons (Fsp3) is 0.286. The first-order valence-corrected chi connectivity index (χ1v) is 8.60. The predicted octanol–water partition coefficient (Wildman–Crippen LogP) is 3.61. The van der Waals surface area contributed by atoms with Gasteiger partial charge in [-0.1, -0.05) is 60.2 Å². The van der Waals surface area contributed by atoms with Crippen LogP contribution >= 0.6 is 0 Å². The van der Waals surface area contributed by atoms with Crippen LogP contribution in [-0.2, 0) is 6.42 Å². The Kier molecular flexibility index (Phi) is 5.32. The lowest BCUT2D eigenvalue weighted by Gasteiger charge is -2.16. The number of allylic oxidation sites excluding steroid dienone is 1. The van der Waals surface area contributed by atoms with Crippen LogP contribution in [0.5, 0.6) is 0 Å². The van der Waals surface area contributed by atoms with Crippen LogP contribution in [0.1, 0.15) is 34.3 Å². The number of benzene rings is 2. The molecule has 24 heavy (non-hydrogen) atoms. The summed E-state index contributed by atoms with van der Waals surface area (Å²) in [5, 5.41) is 6.82. The van der Waals surface area contributed by atoms with Crippen LogP contribution in [0.25, 0.3) is 0 Å². The van der Waals surface area contributed by atoms with Crippen LogP contribution in [0.2, 0.25) is 0 Å². The highest BCUT2D eigenvalue weighted by atomic mass is 16.1. The van der Waals surface area contributed by atoms with E-state index in [0.29, 0.717) is 6.42 Å². The van der Waals surface area contributed by atoms with Gasteiger partial charge in [-0.05, 0) is 25.3 Å². The van der Waals surface area contributed by atoms with E-state index in [4.69, 9.17) is 0 Å². The molecule has 3 heteroatoms. The molecule has 2 N–H and O–H groups in total. The summed E-state index contributed by atoms with van der Waals surface area (Å²) in [4.78, 5) is 13.1. The van der Waals surface area contributed by atoms with Gasteiger partial charge in [0.05, 0.1) is 0 Å². The summed E-state index contributed by atoms with van der Waals surface area (Å²) in [5.74, 6) is 0.984. The highest BCUT2D eigenvalue weighted by molar-refractivity contribution is 6.09. The van der Waals surface area contributed by atoms with Crippen molar-refractivity contribution in [3.8, 4) is 0 Å². The quantitative estimate of drug-likeness (QED) is 0.668. The standard InChI is InChI=1S/C21H24N2O/c1-16-9-11-18(12-10-16)20(24)19(15-17-7-3-2-4-8-17)21-22-13-5-6-14-23-21/h2-4,7-12,22-23H,5-6,13-15H2,1H3. The molecule has 0 spiro atoms. The van der Waals surface area contributed by atoms with Crippen molar-refractivity contribution in [2.45, 2.75) is 26.2 Å². The van der Waals surface area contributed by atoms with Gasteiger partial charge in [0.25, 0.3) is 0 Å². The van der Waals surface area contributed by atoms with Crippen molar-refractivity contribution in [1.82, 2.24) is 10.6 Å². The van der Waals surface area contributed by atoms with Crippen molar-refractivity contribution in [3.05, 3.63) is 82.7 Å². The Labute approximate surface area is 143 Å². The van der Waals surface area contributed by atoms with Gasteiger partial charge in [0.2, 0.25) is 0 Å². The van der Waals surface area contributed by atoms with Crippen LogP contribution in [-0.4, -0.2) is 18.9 Å². The molecule has 3 rings (SSSR count). The Morgan fingerprint density at radius 1 is 0.917 bits per heavy atom. The first kappa shape index (κ1) is 16.3. The third kappa shape index (κ3) is 4.05. The fourth-order valence-electron chi connectivity index (χ4n) is 2.91. The van der Waals surface area contributed by atoms with Crippen LogP contribution in [0.4, 0.5) is 0 Å². The van der Waals surface area contributed by atoms with Gasteiger partial charge in [-0.2, -0.15) is 0 Å². The van der Waals surface area contributed by atoms with E-state index in [1.165, 1.54) is 0 Å². The lowest BCUT2D eigenvalue weighted by molar-refractivity contribution is 0.102. The van der Waals surface area contributed by atoms with Crippen molar-refractivity contribution in [3.63, 3.8) is 0 Å². The average molecular weight is 320 g/mol. The normalized spacial score (nSPS) is 14.3. The van der Waals surface area contributed by atoms with Gasteiger partial charge in [0.1, 0.15) is 5.82 Å². The summed E-state index contributed by atoms with van der Waals surface area (Å²) in [6.07, 6.45) is 2.87. The van der Waals surface area contributed by atoms with Gasteiger partial charge in [-0.25, -0.2) is 0 Å². The maximum absolute atomic E-state index is 13.1. The monoisotopic (exact) mass is 320 g/mol. The molecular formula is C21H24N2O. The molecule has 0 unspecified atom stereocenters. The van der Waals surface area contributed by atoms with Crippen molar-refractivity contribution in [2.75, 3.05) is 13.1 Å². The Morgan fingerprint density at radius 3 is 2.17 bits per heavy atom. The number of aryl methyl sites for hydroxylation is 1. The minimum Gasteiger partial charge on any atom is -0.372 e. The minimum absolute atomic E-state index is 0.0933. The van der Waals surface area contributed by atoms with E-state index in [1.54, 1.807) is 0 Å². The summed E-state index contributed by atoms with van der Waals surface area (Å²) in [5.41, 5.74) is 3.86. The number of nitrogens with one attached hydrogen (secondary N) is 2.